The van der Waals surface area contributed by atoms with Crippen LogP contribution in [0.25, 0.3) is 5.69 Å². The number of thioether (sulfide) groups is 1. The van der Waals surface area contributed by atoms with Crippen LogP contribution in [-0.2, 0) is 21.6 Å². The minimum atomic E-state index is -0.503. The minimum Gasteiger partial charge on any atom is -0.495 e. The largest absolute Gasteiger partial charge is 0.495 e. The second-order valence-corrected chi connectivity index (χ2v) is 11.3. The Morgan fingerprint density at radius 1 is 1.05 bits per heavy atom. The highest BCUT2D eigenvalue weighted by molar-refractivity contribution is 7.98. The third-order valence-electron chi connectivity index (χ3n) is 6.95. The Hall–Kier alpha value is -3.25. The molecule has 0 aliphatic carbocycles. The molecule has 4 aromatic rings. The first-order valence-electron chi connectivity index (χ1n) is 12.9. The Morgan fingerprint density at radius 3 is 2.56 bits per heavy atom. The molecular formula is C28H29N5O4S2. The molecular weight excluding hydrogens is 534 g/mol. The van der Waals surface area contributed by atoms with Gasteiger partial charge in [-0.25, -0.2) is 4.98 Å². The van der Waals surface area contributed by atoms with E-state index < -0.39 is 5.79 Å². The van der Waals surface area contributed by atoms with Gasteiger partial charge in [0.15, 0.2) is 10.9 Å². The normalized spacial score (nSPS) is 16.6. The number of carbonyl (C=O) groups is 1. The number of piperidine rings is 1. The van der Waals surface area contributed by atoms with Crippen LogP contribution in [0.2, 0.25) is 0 Å². The van der Waals surface area contributed by atoms with E-state index in [-0.39, 0.29) is 5.91 Å². The van der Waals surface area contributed by atoms with E-state index in [1.54, 1.807) is 18.9 Å². The van der Waals surface area contributed by atoms with Gasteiger partial charge in [0.2, 0.25) is 0 Å². The highest BCUT2D eigenvalue weighted by Crippen LogP contribution is 2.33. The number of hydrogen-bond donors (Lipinski definition) is 0. The van der Waals surface area contributed by atoms with Gasteiger partial charge in [-0.1, -0.05) is 54.2 Å². The van der Waals surface area contributed by atoms with Gasteiger partial charge >= 0.3 is 0 Å². The first kappa shape index (κ1) is 26.0. The molecule has 2 fully saturated rings. The molecule has 0 bridgehead atoms. The van der Waals surface area contributed by atoms with E-state index in [1.807, 2.05) is 57.3 Å². The van der Waals surface area contributed by atoms with Crippen molar-refractivity contribution in [3.8, 4) is 11.4 Å². The van der Waals surface area contributed by atoms with Crippen molar-refractivity contribution in [2.24, 2.45) is 0 Å². The first-order chi connectivity index (χ1) is 19.1. The van der Waals surface area contributed by atoms with Crippen LogP contribution in [0.1, 0.15) is 39.7 Å². The summed E-state index contributed by atoms with van der Waals surface area (Å²) in [5, 5.41) is 12.5. The summed E-state index contributed by atoms with van der Waals surface area (Å²) in [6.45, 7) is 2.46. The van der Waals surface area contributed by atoms with Crippen LogP contribution in [-0.4, -0.2) is 69.8 Å². The quantitative estimate of drug-likeness (QED) is 0.288. The number of thiazole rings is 1. The van der Waals surface area contributed by atoms with Crippen LogP contribution in [0.3, 0.4) is 0 Å². The van der Waals surface area contributed by atoms with Crippen LogP contribution in [0, 0.1) is 0 Å². The maximum Gasteiger partial charge on any atom is 0.273 e. The minimum absolute atomic E-state index is 0.0438. The molecule has 1 amide bonds. The summed E-state index contributed by atoms with van der Waals surface area (Å²) in [5.74, 6) is 1.59. The average Bonchev–Trinajstić information content (AvgIpc) is 3.73. The van der Waals surface area contributed by atoms with Crippen molar-refractivity contribution in [1.29, 1.82) is 0 Å². The van der Waals surface area contributed by atoms with E-state index >= 15 is 0 Å². The molecule has 0 atom stereocenters. The van der Waals surface area contributed by atoms with Crippen LogP contribution in [0.5, 0.6) is 5.75 Å². The van der Waals surface area contributed by atoms with Gasteiger partial charge < -0.3 is 19.1 Å². The SMILES string of the molecule is COc1ccccc1-n1c(Cc2ccccc2)nnc1SCc1nc(C(=O)N2CCC3(CC2)OCCO3)cs1. The van der Waals surface area contributed by atoms with Gasteiger partial charge in [-0.2, -0.15) is 0 Å². The molecule has 0 radical (unpaired) electrons. The molecule has 2 aromatic heterocycles. The number of benzene rings is 2. The molecule has 0 N–H and O–H groups in total. The van der Waals surface area contributed by atoms with Gasteiger partial charge in [0.1, 0.15) is 22.3 Å². The lowest BCUT2D eigenvalue weighted by Gasteiger charge is -2.37. The predicted octanol–water partition coefficient (Wildman–Crippen LogP) is 4.59. The monoisotopic (exact) mass is 563 g/mol. The topological polar surface area (TPSA) is 91.6 Å². The van der Waals surface area contributed by atoms with E-state index in [0.717, 1.165) is 33.0 Å². The molecule has 2 aliphatic heterocycles. The van der Waals surface area contributed by atoms with Crippen LogP contribution in [0.4, 0.5) is 0 Å². The lowest BCUT2D eigenvalue weighted by Crippen LogP contribution is -2.47. The number of amides is 1. The van der Waals surface area contributed by atoms with Gasteiger partial charge in [-0.15, -0.1) is 21.5 Å². The third kappa shape index (κ3) is 5.58. The zero-order valence-electron chi connectivity index (χ0n) is 21.6. The third-order valence-corrected chi connectivity index (χ3v) is 8.92. The van der Waals surface area contributed by atoms with Crippen LogP contribution < -0.4 is 4.74 Å². The molecule has 1 spiro atoms. The number of likely N-dealkylation sites (tertiary alicyclic amines) is 1. The molecule has 0 unspecified atom stereocenters. The number of methoxy groups -OCH3 is 1. The Balaban J connectivity index is 1.17. The van der Waals surface area contributed by atoms with Gasteiger partial charge in [-0.3, -0.25) is 9.36 Å². The number of hydrogen-bond acceptors (Lipinski definition) is 9. The molecule has 2 saturated heterocycles. The molecule has 11 heteroatoms. The summed E-state index contributed by atoms with van der Waals surface area (Å²) in [6.07, 6.45) is 2.01. The summed E-state index contributed by atoms with van der Waals surface area (Å²) in [7, 11) is 1.66. The van der Waals surface area contributed by atoms with Crippen molar-refractivity contribution >= 4 is 29.0 Å². The van der Waals surface area contributed by atoms with Gasteiger partial charge in [0, 0.05) is 37.7 Å². The highest BCUT2D eigenvalue weighted by Gasteiger charge is 2.41. The molecule has 4 heterocycles. The summed E-state index contributed by atoms with van der Waals surface area (Å²) in [5.41, 5.74) is 2.51. The predicted molar refractivity (Wildman–Crippen MR) is 149 cm³/mol. The zero-order valence-corrected chi connectivity index (χ0v) is 23.2. The van der Waals surface area contributed by atoms with Crippen molar-refractivity contribution in [2.45, 2.75) is 36.0 Å². The van der Waals surface area contributed by atoms with Gasteiger partial charge in [0.05, 0.1) is 31.8 Å². The second kappa shape index (κ2) is 11.5. The van der Waals surface area contributed by atoms with Crippen LogP contribution in [0.15, 0.2) is 65.1 Å². The Bertz CT molecular complexity index is 1420. The van der Waals surface area contributed by atoms with E-state index in [0.29, 0.717) is 57.0 Å². The molecule has 6 rings (SSSR count). The summed E-state index contributed by atoms with van der Waals surface area (Å²) in [4.78, 5) is 19.6. The van der Waals surface area contributed by atoms with Crippen molar-refractivity contribution in [2.75, 3.05) is 33.4 Å². The zero-order chi connectivity index (χ0) is 26.7. The fourth-order valence-corrected chi connectivity index (χ4v) is 6.69. The highest BCUT2D eigenvalue weighted by atomic mass is 32.2. The van der Waals surface area contributed by atoms with E-state index in [9.17, 15) is 4.79 Å². The van der Waals surface area contributed by atoms with E-state index in [1.165, 1.54) is 11.3 Å². The molecule has 2 aromatic carbocycles. The number of carbonyl (C=O) groups excluding carboxylic acids is 1. The fourth-order valence-electron chi connectivity index (χ4n) is 4.94. The number of para-hydroxylation sites is 2. The van der Waals surface area contributed by atoms with E-state index in [2.05, 4.69) is 27.3 Å². The van der Waals surface area contributed by atoms with Crippen LogP contribution >= 0.6 is 23.1 Å². The molecule has 39 heavy (non-hydrogen) atoms. The number of rotatable bonds is 8. The van der Waals surface area contributed by atoms with Crippen molar-refractivity contribution < 1.29 is 19.0 Å². The van der Waals surface area contributed by atoms with E-state index in [4.69, 9.17) is 14.2 Å². The Labute approximate surface area is 235 Å². The number of nitrogens with zero attached hydrogens (tertiary/aromatic N) is 5. The summed E-state index contributed by atoms with van der Waals surface area (Å²) < 4.78 is 19.3. The Kier molecular flexibility index (Phi) is 7.64. The van der Waals surface area contributed by atoms with Gasteiger partial charge in [-0.05, 0) is 17.7 Å². The van der Waals surface area contributed by atoms with Gasteiger partial charge in [0.25, 0.3) is 5.91 Å². The average molecular weight is 564 g/mol. The fraction of sp³-hybridized carbons (Fsp3) is 0.357. The number of ether oxygens (including phenoxy) is 3. The summed E-state index contributed by atoms with van der Waals surface area (Å²) in [6, 6.07) is 18.1. The van der Waals surface area contributed by atoms with Crippen molar-refractivity contribution in [1.82, 2.24) is 24.6 Å². The number of aromatic nitrogens is 4. The smallest absolute Gasteiger partial charge is 0.273 e. The lowest BCUT2D eigenvalue weighted by molar-refractivity contribution is -0.181. The maximum atomic E-state index is 13.1. The molecule has 202 valence electrons. The first-order valence-corrected chi connectivity index (χ1v) is 14.8. The molecule has 0 saturated carbocycles. The van der Waals surface area contributed by atoms with Crippen molar-refractivity contribution in [3.05, 3.63) is 82.1 Å². The maximum absolute atomic E-state index is 13.1. The summed E-state index contributed by atoms with van der Waals surface area (Å²) >= 11 is 3.03. The molecule has 2 aliphatic rings. The molecule has 9 nitrogen and oxygen atoms in total. The standard InChI is InChI=1S/C28H29N5O4S2/c1-35-23-10-6-5-9-22(23)33-24(17-20-7-3-2-4-8-20)30-31-27(33)39-19-25-29-21(18-38-25)26(34)32-13-11-28(12-14-32)36-15-16-37-28/h2-10,18H,11-17,19H2,1H3. The second-order valence-electron chi connectivity index (χ2n) is 9.38. The Morgan fingerprint density at radius 2 is 1.79 bits per heavy atom. The lowest BCUT2D eigenvalue weighted by atomic mass is 10.0. The van der Waals surface area contributed by atoms with Crippen molar-refractivity contribution in [3.63, 3.8) is 0 Å².